The molecule has 23 heavy (non-hydrogen) atoms. The molecule has 2 rings (SSSR count). The van der Waals surface area contributed by atoms with Crippen molar-refractivity contribution in [2.75, 3.05) is 11.9 Å². The van der Waals surface area contributed by atoms with Gasteiger partial charge in [-0.2, -0.15) is 0 Å². The minimum absolute atomic E-state index is 0.0677. The summed E-state index contributed by atoms with van der Waals surface area (Å²) in [4.78, 5) is 29.2. The van der Waals surface area contributed by atoms with Crippen molar-refractivity contribution in [3.63, 3.8) is 0 Å². The lowest BCUT2D eigenvalue weighted by Gasteiger charge is -2.20. The Balaban J connectivity index is 2.02. The van der Waals surface area contributed by atoms with Gasteiger partial charge >= 0.3 is 0 Å². The molecule has 0 spiro atoms. The van der Waals surface area contributed by atoms with Crippen LogP contribution in [-0.4, -0.2) is 28.2 Å². The van der Waals surface area contributed by atoms with Crippen molar-refractivity contribution in [2.24, 2.45) is 0 Å². The number of anilines is 1. The van der Waals surface area contributed by atoms with E-state index in [1.807, 2.05) is 0 Å². The second kappa shape index (κ2) is 7.94. The van der Waals surface area contributed by atoms with Gasteiger partial charge in [-0.25, -0.2) is 0 Å². The number of rotatable bonds is 5. The monoisotopic (exact) mass is 351 g/mol. The summed E-state index contributed by atoms with van der Waals surface area (Å²) in [6.45, 7) is 1.69. The van der Waals surface area contributed by atoms with Crippen molar-refractivity contribution < 1.29 is 9.59 Å². The lowest BCUT2D eigenvalue weighted by molar-refractivity contribution is -0.133. The number of nitrogens with one attached hydrogen (secondary N) is 1. The van der Waals surface area contributed by atoms with Crippen LogP contribution in [0.15, 0.2) is 42.7 Å². The summed E-state index contributed by atoms with van der Waals surface area (Å²) in [7, 11) is 0. The maximum Gasteiger partial charge on any atom is 0.244 e. The highest BCUT2D eigenvalue weighted by Crippen LogP contribution is 2.22. The molecule has 1 aromatic carbocycles. The van der Waals surface area contributed by atoms with Crippen LogP contribution in [0.5, 0.6) is 0 Å². The zero-order chi connectivity index (χ0) is 16.8. The summed E-state index contributed by atoms with van der Waals surface area (Å²) in [5, 5.41) is 3.53. The van der Waals surface area contributed by atoms with Gasteiger partial charge in [0.15, 0.2) is 0 Å². The number of hydrogen-bond acceptors (Lipinski definition) is 3. The minimum Gasteiger partial charge on any atom is -0.329 e. The fourth-order valence-corrected chi connectivity index (χ4v) is 2.51. The summed E-state index contributed by atoms with van der Waals surface area (Å²) in [6.07, 6.45) is 3.28. The van der Waals surface area contributed by atoms with Crippen LogP contribution in [0.2, 0.25) is 10.0 Å². The SMILES string of the molecule is CC(=O)N(CC(=O)Nc1cc(Cl)cc(Cl)c1)Cc1ccncc1. The summed E-state index contributed by atoms with van der Waals surface area (Å²) in [5.41, 5.74) is 1.38. The first kappa shape index (κ1) is 17.2. The van der Waals surface area contributed by atoms with Crippen molar-refractivity contribution >= 4 is 40.7 Å². The first-order valence-corrected chi connectivity index (χ1v) is 7.60. The molecule has 1 heterocycles. The number of carbonyl (C=O) groups is 2. The third kappa shape index (κ3) is 5.54. The van der Waals surface area contributed by atoms with Crippen LogP contribution in [-0.2, 0) is 16.1 Å². The van der Waals surface area contributed by atoms with Crippen molar-refractivity contribution in [1.29, 1.82) is 0 Å². The molecule has 7 heteroatoms. The molecule has 0 aliphatic heterocycles. The van der Waals surface area contributed by atoms with Gasteiger partial charge in [-0.1, -0.05) is 23.2 Å². The summed E-state index contributed by atoms with van der Waals surface area (Å²) in [6, 6.07) is 8.35. The Hall–Kier alpha value is -2.11. The van der Waals surface area contributed by atoms with Crippen LogP contribution < -0.4 is 5.32 Å². The highest BCUT2D eigenvalue weighted by molar-refractivity contribution is 6.35. The first-order valence-electron chi connectivity index (χ1n) is 6.84. The van der Waals surface area contributed by atoms with E-state index in [1.165, 1.54) is 11.8 Å². The Morgan fingerprint density at radius 1 is 1.13 bits per heavy atom. The van der Waals surface area contributed by atoms with Gasteiger partial charge in [-0.3, -0.25) is 14.6 Å². The second-order valence-electron chi connectivity index (χ2n) is 4.94. The fourth-order valence-electron chi connectivity index (χ4n) is 1.99. The molecule has 0 radical (unpaired) electrons. The maximum atomic E-state index is 12.1. The molecular weight excluding hydrogens is 337 g/mol. The third-order valence-electron chi connectivity index (χ3n) is 3.05. The third-order valence-corrected chi connectivity index (χ3v) is 3.49. The van der Waals surface area contributed by atoms with Gasteiger partial charge in [0.1, 0.15) is 6.54 Å². The molecule has 0 fully saturated rings. The smallest absolute Gasteiger partial charge is 0.244 e. The van der Waals surface area contributed by atoms with Gasteiger partial charge in [0.2, 0.25) is 11.8 Å². The molecule has 1 N–H and O–H groups in total. The van der Waals surface area contributed by atoms with E-state index in [4.69, 9.17) is 23.2 Å². The predicted molar refractivity (Wildman–Crippen MR) is 90.4 cm³/mol. The molecule has 2 amide bonds. The van der Waals surface area contributed by atoms with Crippen molar-refractivity contribution in [2.45, 2.75) is 13.5 Å². The maximum absolute atomic E-state index is 12.1. The van der Waals surface area contributed by atoms with Gasteiger partial charge < -0.3 is 10.2 Å². The molecule has 0 aliphatic carbocycles. The van der Waals surface area contributed by atoms with E-state index in [2.05, 4.69) is 10.3 Å². The van der Waals surface area contributed by atoms with Crippen LogP contribution in [0.3, 0.4) is 0 Å². The number of pyridine rings is 1. The van der Waals surface area contributed by atoms with Crippen LogP contribution in [0.4, 0.5) is 5.69 Å². The quantitative estimate of drug-likeness (QED) is 0.897. The van der Waals surface area contributed by atoms with Gasteiger partial charge in [0, 0.05) is 41.6 Å². The van der Waals surface area contributed by atoms with E-state index in [0.29, 0.717) is 22.3 Å². The van der Waals surface area contributed by atoms with Gasteiger partial charge in [0.25, 0.3) is 0 Å². The molecule has 0 bridgehead atoms. The highest BCUT2D eigenvalue weighted by atomic mass is 35.5. The van der Waals surface area contributed by atoms with Crippen LogP contribution >= 0.6 is 23.2 Å². The molecule has 1 aromatic heterocycles. The van der Waals surface area contributed by atoms with Crippen molar-refractivity contribution in [1.82, 2.24) is 9.88 Å². The Labute approximate surface area is 144 Å². The highest BCUT2D eigenvalue weighted by Gasteiger charge is 2.14. The number of benzene rings is 1. The average Bonchev–Trinajstić information content (AvgIpc) is 2.46. The van der Waals surface area contributed by atoms with E-state index in [1.54, 1.807) is 42.7 Å². The Morgan fingerprint density at radius 2 is 1.74 bits per heavy atom. The van der Waals surface area contributed by atoms with E-state index in [0.717, 1.165) is 5.56 Å². The molecule has 0 saturated heterocycles. The molecule has 120 valence electrons. The number of nitrogens with zero attached hydrogens (tertiary/aromatic N) is 2. The molecule has 0 atom stereocenters. The van der Waals surface area contributed by atoms with Crippen LogP contribution in [0.25, 0.3) is 0 Å². The minimum atomic E-state index is -0.326. The molecule has 2 aromatic rings. The number of aromatic nitrogens is 1. The van der Waals surface area contributed by atoms with E-state index < -0.39 is 0 Å². The van der Waals surface area contributed by atoms with E-state index >= 15 is 0 Å². The molecular formula is C16H15Cl2N3O2. The lowest BCUT2D eigenvalue weighted by Crippen LogP contribution is -2.36. The molecule has 0 unspecified atom stereocenters. The number of carbonyl (C=O) groups excluding carboxylic acids is 2. The normalized spacial score (nSPS) is 10.2. The van der Waals surface area contributed by atoms with Gasteiger partial charge in [-0.05, 0) is 35.9 Å². The average molecular weight is 352 g/mol. The fraction of sp³-hybridized carbons (Fsp3) is 0.188. The Bertz CT molecular complexity index is 687. The van der Waals surface area contributed by atoms with Crippen LogP contribution in [0, 0.1) is 0 Å². The molecule has 5 nitrogen and oxygen atoms in total. The topological polar surface area (TPSA) is 62.3 Å². The van der Waals surface area contributed by atoms with Crippen molar-refractivity contribution in [3.8, 4) is 0 Å². The number of hydrogen-bond donors (Lipinski definition) is 1. The van der Waals surface area contributed by atoms with Gasteiger partial charge in [-0.15, -0.1) is 0 Å². The molecule has 0 aliphatic rings. The number of amides is 2. The predicted octanol–water partition coefficient (Wildman–Crippen LogP) is 3.38. The zero-order valence-electron chi connectivity index (χ0n) is 12.4. The number of halogens is 2. The summed E-state index contributed by atoms with van der Waals surface area (Å²) < 4.78 is 0. The summed E-state index contributed by atoms with van der Waals surface area (Å²) in [5.74, 6) is -0.520. The summed E-state index contributed by atoms with van der Waals surface area (Å²) >= 11 is 11.8. The van der Waals surface area contributed by atoms with Crippen molar-refractivity contribution in [3.05, 3.63) is 58.3 Å². The van der Waals surface area contributed by atoms with E-state index in [9.17, 15) is 9.59 Å². The molecule has 0 saturated carbocycles. The standard InChI is InChI=1S/C16H15Cl2N3O2/c1-11(22)21(9-12-2-4-19-5-3-12)10-16(23)20-15-7-13(17)6-14(18)8-15/h2-8H,9-10H2,1H3,(H,20,23). The second-order valence-corrected chi connectivity index (χ2v) is 5.81. The largest absolute Gasteiger partial charge is 0.329 e. The Kier molecular flexibility index (Phi) is 5.96. The van der Waals surface area contributed by atoms with Crippen LogP contribution in [0.1, 0.15) is 12.5 Å². The zero-order valence-corrected chi connectivity index (χ0v) is 13.9. The first-order chi connectivity index (χ1) is 10.9. The van der Waals surface area contributed by atoms with Gasteiger partial charge in [0.05, 0.1) is 0 Å². The Morgan fingerprint density at radius 3 is 2.30 bits per heavy atom. The lowest BCUT2D eigenvalue weighted by atomic mass is 10.2. The van der Waals surface area contributed by atoms with E-state index in [-0.39, 0.29) is 18.4 Å².